The second-order valence-corrected chi connectivity index (χ2v) is 6.16. The summed E-state index contributed by atoms with van der Waals surface area (Å²) in [4.78, 5) is 7.82. The fourth-order valence-electron chi connectivity index (χ4n) is 3.06. The van der Waals surface area contributed by atoms with Crippen LogP contribution in [0, 0.1) is 6.92 Å². The lowest BCUT2D eigenvalue weighted by Crippen LogP contribution is -3.27. The van der Waals surface area contributed by atoms with Gasteiger partial charge in [0.15, 0.2) is 0 Å². The number of piperazine rings is 1. The van der Waals surface area contributed by atoms with E-state index in [0.29, 0.717) is 0 Å². The average Bonchev–Trinajstić information content (AvgIpc) is 2.53. The van der Waals surface area contributed by atoms with E-state index in [0.717, 1.165) is 13.1 Å². The van der Waals surface area contributed by atoms with Crippen LogP contribution in [0.15, 0.2) is 48.7 Å². The molecule has 0 aliphatic carbocycles. The van der Waals surface area contributed by atoms with Crippen LogP contribution in [-0.2, 0) is 13.1 Å². The fourth-order valence-corrected chi connectivity index (χ4v) is 3.06. The second kappa shape index (κ2) is 6.83. The van der Waals surface area contributed by atoms with Crippen LogP contribution in [-0.4, -0.2) is 31.2 Å². The maximum atomic E-state index is 4.44. The molecule has 2 aromatic rings. The van der Waals surface area contributed by atoms with Gasteiger partial charge < -0.3 is 9.80 Å². The Labute approximate surface area is 127 Å². The summed E-state index contributed by atoms with van der Waals surface area (Å²) in [5.74, 6) is 0. The predicted octanol–water partition coefficient (Wildman–Crippen LogP) is -0.126. The van der Waals surface area contributed by atoms with Crippen molar-refractivity contribution in [2.45, 2.75) is 20.0 Å². The first-order valence-corrected chi connectivity index (χ1v) is 7.92. The minimum Gasteiger partial charge on any atom is -0.322 e. The summed E-state index contributed by atoms with van der Waals surface area (Å²) in [6, 6.07) is 15.2. The molecule has 2 heterocycles. The van der Waals surface area contributed by atoms with Crippen LogP contribution in [0.5, 0.6) is 0 Å². The van der Waals surface area contributed by atoms with Crippen LogP contribution in [0.2, 0.25) is 0 Å². The fraction of sp³-hybridized carbons (Fsp3) is 0.389. The first-order valence-electron chi connectivity index (χ1n) is 7.92. The molecule has 1 saturated heterocycles. The summed E-state index contributed by atoms with van der Waals surface area (Å²) in [7, 11) is 0. The third-order valence-electron chi connectivity index (χ3n) is 4.40. The Morgan fingerprint density at radius 1 is 0.857 bits per heavy atom. The van der Waals surface area contributed by atoms with Gasteiger partial charge in [-0.2, -0.15) is 0 Å². The van der Waals surface area contributed by atoms with Gasteiger partial charge in [-0.1, -0.05) is 35.9 Å². The number of rotatable bonds is 4. The number of nitrogens with zero attached hydrogens (tertiary/aromatic N) is 1. The van der Waals surface area contributed by atoms with Gasteiger partial charge in [-0.25, -0.2) is 0 Å². The van der Waals surface area contributed by atoms with Gasteiger partial charge in [-0.05, 0) is 19.1 Å². The summed E-state index contributed by atoms with van der Waals surface area (Å²) < 4.78 is 0. The summed E-state index contributed by atoms with van der Waals surface area (Å²) >= 11 is 0. The van der Waals surface area contributed by atoms with Gasteiger partial charge in [0.1, 0.15) is 39.3 Å². The highest BCUT2D eigenvalue weighted by Gasteiger charge is 2.23. The second-order valence-electron chi connectivity index (χ2n) is 6.16. The number of aryl methyl sites for hydroxylation is 1. The van der Waals surface area contributed by atoms with Crippen LogP contribution < -0.4 is 9.80 Å². The van der Waals surface area contributed by atoms with Crippen molar-refractivity contribution in [2.75, 3.05) is 26.2 Å². The third-order valence-corrected chi connectivity index (χ3v) is 4.40. The molecule has 3 heteroatoms. The Bertz CT molecular complexity index is 542. The molecule has 0 saturated carbocycles. The Morgan fingerprint density at radius 3 is 2.14 bits per heavy atom. The number of quaternary nitrogens is 2. The average molecular weight is 283 g/mol. The molecule has 110 valence electrons. The lowest BCUT2D eigenvalue weighted by molar-refractivity contribution is -1.02. The van der Waals surface area contributed by atoms with E-state index in [2.05, 4.69) is 48.3 Å². The summed E-state index contributed by atoms with van der Waals surface area (Å²) in [6.45, 7) is 9.40. The van der Waals surface area contributed by atoms with Gasteiger partial charge in [-0.15, -0.1) is 0 Å². The Balaban J connectivity index is 1.47. The minimum absolute atomic E-state index is 1.07. The summed E-state index contributed by atoms with van der Waals surface area (Å²) in [5, 5.41) is 0. The SMILES string of the molecule is Cc1ccc(C[NH+]2CC[NH+](Cc3ccccn3)CC2)cc1. The van der Waals surface area contributed by atoms with Crippen molar-refractivity contribution >= 4 is 0 Å². The molecule has 0 spiro atoms. The number of hydrogen-bond donors (Lipinski definition) is 2. The number of hydrogen-bond acceptors (Lipinski definition) is 1. The molecule has 2 N–H and O–H groups in total. The smallest absolute Gasteiger partial charge is 0.127 e. The van der Waals surface area contributed by atoms with Crippen molar-refractivity contribution in [3.8, 4) is 0 Å². The molecule has 0 radical (unpaired) electrons. The zero-order valence-corrected chi connectivity index (χ0v) is 12.8. The normalized spacial score (nSPS) is 22.1. The monoisotopic (exact) mass is 283 g/mol. The molecule has 0 amide bonds. The van der Waals surface area contributed by atoms with Crippen molar-refractivity contribution in [1.29, 1.82) is 0 Å². The zero-order chi connectivity index (χ0) is 14.5. The third kappa shape index (κ3) is 4.13. The highest BCUT2D eigenvalue weighted by atomic mass is 15.3. The van der Waals surface area contributed by atoms with Gasteiger partial charge in [0.25, 0.3) is 0 Å². The molecule has 3 nitrogen and oxygen atoms in total. The molecule has 0 unspecified atom stereocenters. The molecule has 3 rings (SSSR count). The Morgan fingerprint density at radius 2 is 1.52 bits per heavy atom. The summed E-state index contributed by atoms with van der Waals surface area (Å²) in [5.41, 5.74) is 4.02. The molecule has 1 aromatic carbocycles. The van der Waals surface area contributed by atoms with Crippen LogP contribution in [0.3, 0.4) is 0 Å². The van der Waals surface area contributed by atoms with E-state index in [1.54, 1.807) is 9.80 Å². The zero-order valence-electron chi connectivity index (χ0n) is 12.8. The van der Waals surface area contributed by atoms with Gasteiger partial charge in [0.05, 0.1) is 5.69 Å². The van der Waals surface area contributed by atoms with E-state index in [1.807, 2.05) is 12.3 Å². The van der Waals surface area contributed by atoms with Crippen molar-refractivity contribution in [3.63, 3.8) is 0 Å². The van der Waals surface area contributed by atoms with Gasteiger partial charge in [0, 0.05) is 11.8 Å². The first kappa shape index (κ1) is 14.2. The Hall–Kier alpha value is -1.71. The maximum absolute atomic E-state index is 4.44. The maximum Gasteiger partial charge on any atom is 0.127 e. The molecule has 1 aromatic heterocycles. The summed E-state index contributed by atoms with van der Waals surface area (Å²) in [6.07, 6.45) is 1.90. The quantitative estimate of drug-likeness (QED) is 0.802. The molecular weight excluding hydrogens is 258 g/mol. The lowest BCUT2D eigenvalue weighted by atomic mass is 10.1. The predicted molar refractivity (Wildman–Crippen MR) is 84.2 cm³/mol. The van der Waals surface area contributed by atoms with E-state index in [-0.39, 0.29) is 0 Å². The molecular formula is C18H25N3+2. The van der Waals surface area contributed by atoms with Crippen LogP contribution in [0.4, 0.5) is 0 Å². The standard InChI is InChI=1S/C18H23N3/c1-16-5-7-17(8-6-16)14-20-10-12-21(13-11-20)15-18-4-2-3-9-19-18/h2-9H,10-15H2,1H3/p+2. The molecule has 1 fully saturated rings. The van der Waals surface area contributed by atoms with E-state index in [9.17, 15) is 0 Å². The lowest BCUT2D eigenvalue weighted by Gasteiger charge is -2.29. The number of nitrogens with one attached hydrogen (secondary N) is 2. The topological polar surface area (TPSA) is 21.8 Å². The Kier molecular flexibility index (Phi) is 4.63. The van der Waals surface area contributed by atoms with E-state index >= 15 is 0 Å². The van der Waals surface area contributed by atoms with Crippen LogP contribution in [0.25, 0.3) is 0 Å². The van der Waals surface area contributed by atoms with Crippen molar-refractivity contribution in [3.05, 3.63) is 65.5 Å². The molecule has 1 aliphatic heterocycles. The van der Waals surface area contributed by atoms with Gasteiger partial charge in [-0.3, -0.25) is 4.98 Å². The molecule has 0 bridgehead atoms. The van der Waals surface area contributed by atoms with Crippen LogP contribution >= 0.6 is 0 Å². The van der Waals surface area contributed by atoms with Crippen molar-refractivity contribution < 1.29 is 9.80 Å². The van der Waals surface area contributed by atoms with Gasteiger partial charge >= 0.3 is 0 Å². The van der Waals surface area contributed by atoms with Crippen molar-refractivity contribution in [2.24, 2.45) is 0 Å². The highest BCUT2D eigenvalue weighted by Crippen LogP contribution is 2.01. The van der Waals surface area contributed by atoms with Crippen molar-refractivity contribution in [1.82, 2.24) is 4.98 Å². The minimum atomic E-state index is 1.07. The van der Waals surface area contributed by atoms with E-state index < -0.39 is 0 Å². The number of pyridine rings is 1. The molecule has 1 aliphatic rings. The van der Waals surface area contributed by atoms with Gasteiger partial charge in [0.2, 0.25) is 0 Å². The largest absolute Gasteiger partial charge is 0.322 e. The van der Waals surface area contributed by atoms with E-state index in [1.165, 1.54) is 43.0 Å². The number of benzene rings is 1. The highest BCUT2D eigenvalue weighted by molar-refractivity contribution is 5.20. The van der Waals surface area contributed by atoms with E-state index in [4.69, 9.17) is 0 Å². The van der Waals surface area contributed by atoms with Crippen LogP contribution in [0.1, 0.15) is 16.8 Å². The molecule has 21 heavy (non-hydrogen) atoms. The number of aromatic nitrogens is 1. The molecule has 0 atom stereocenters. The first-order chi connectivity index (χ1) is 10.3.